The molecule has 10 heteroatoms. The van der Waals surface area contributed by atoms with E-state index in [0.29, 0.717) is 23.1 Å². The van der Waals surface area contributed by atoms with E-state index in [4.69, 9.17) is 10.3 Å². The first-order valence-corrected chi connectivity index (χ1v) is 7.49. The number of hydrogen-bond acceptors (Lipinski definition) is 7. The SMILES string of the molecule is Cl.NC1(c2noc(-c3ccn(-c4ccc([N+](=O)[O-])cc4)n3)n2)CCC1. The van der Waals surface area contributed by atoms with Crippen molar-refractivity contribution in [3.8, 4) is 17.3 Å². The second-order valence-corrected chi connectivity index (χ2v) is 5.85. The average molecular weight is 363 g/mol. The maximum Gasteiger partial charge on any atom is 0.278 e. The molecule has 0 unspecified atom stereocenters. The molecule has 25 heavy (non-hydrogen) atoms. The van der Waals surface area contributed by atoms with Gasteiger partial charge in [-0.1, -0.05) is 5.16 Å². The fourth-order valence-corrected chi connectivity index (χ4v) is 2.62. The van der Waals surface area contributed by atoms with Crippen molar-refractivity contribution in [2.75, 3.05) is 0 Å². The van der Waals surface area contributed by atoms with Gasteiger partial charge in [-0.3, -0.25) is 10.1 Å². The Labute approximate surface area is 148 Å². The maximum atomic E-state index is 10.7. The highest BCUT2D eigenvalue weighted by Gasteiger charge is 2.39. The van der Waals surface area contributed by atoms with Crippen molar-refractivity contribution in [1.29, 1.82) is 0 Å². The van der Waals surface area contributed by atoms with Gasteiger partial charge in [0.05, 0.1) is 16.1 Å². The van der Waals surface area contributed by atoms with Gasteiger partial charge in [-0.05, 0) is 37.5 Å². The van der Waals surface area contributed by atoms with Crippen molar-refractivity contribution in [2.24, 2.45) is 5.73 Å². The van der Waals surface area contributed by atoms with Crippen LogP contribution in [0.5, 0.6) is 0 Å². The van der Waals surface area contributed by atoms with Gasteiger partial charge < -0.3 is 10.3 Å². The number of non-ortho nitro benzene ring substituents is 1. The fourth-order valence-electron chi connectivity index (χ4n) is 2.62. The monoisotopic (exact) mass is 362 g/mol. The number of benzene rings is 1. The lowest BCUT2D eigenvalue weighted by Crippen LogP contribution is -2.44. The third-order valence-electron chi connectivity index (χ3n) is 4.25. The molecular weight excluding hydrogens is 348 g/mol. The maximum absolute atomic E-state index is 10.7. The van der Waals surface area contributed by atoms with Crippen LogP contribution in [0.1, 0.15) is 25.1 Å². The topological polar surface area (TPSA) is 126 Å². The van der Waals surface area contributed by atoms with Gasteiger partial charge in [-0.25, -0.2) is 4.68 Å². The molecule has 2 N–H and O–H groups in total. The van der Waals surface area contributed by atoms with Gasteiger partial charge in [-0.2, -0.15) is 10.1 Å². The molecule has 0 saturated heterocycles. The number of aromatic nitrogens is 4. The van der Waals surface area contributed by atoms with Crippen molar-refractivity contribution < 1.29 is 9.45 Å². The zero-order chi connectivity index (χ0) is 16.7. The number of nitrogens with zero attached hydrogens (tertiary/aromatic N) is 5. The zero-order valence-corrected chi connectivity index (χ0v) is 13.8. The second kappa shape index (κ2) is 6.26. The van der Waals surface area contributed by atoms with Gasteiger partial charge in [-0.15, -0.1) is 12.4 Å². The molecule has 4 rings (SSSR count). The van der Waals surface area contributed by atoms with Crippen LogP contribution in [0, 0.1) is 10.1 Å². The summed E-state index contributed by atoms with van der Waals surface area (Å²) < 4.78 is 6.85. The number of halogens is 1. The summed E-state index contributed by atoms with van der Waals surface area (Å²) in [5.74, 6) is 0.816. The van der Waals surface area contributed by atoms with E-state index in [1.807, 2.05) is 0 Å². The molecule has 0 amide bonds. The van der Waals surface area contributed by atoms with Gasteiger partial charge >= 0.3 is 0 Å². The molecule has 0 bridgehead atoms. The summed E-state index contributed by atoms with van der Waals surface area (Å²) >= 11 is 0. The van der Waals surface area contributed by atoms with Gasteiger partial charge in [0, 0.05) is 18.3 Å². The van der Waals surface area contributed by atoms with Crippen LogP contribution in [-0.2, 0) is 5.54 Å². The molecule has 1 saturated carbocycles. The van der Waals surface area contributed by atoms with Crippen molar-refractivity contribution in [2.45, 2.75) is 24.8 Å². The highest BCUT2D eigenvalue weighted by molar-refractivity contribution is 5.85. The number of nitro groups is 1. The number of hydrogen-bond donors (Lipinski definition) is 1. The minimum absolute atomic E-state index is 0. The van der Waals surface area contributed by atoms with Crippen molar-refractivity contribution in [3.05, 3.63) is 52.5 Å². The largest absolute Gasteiger partial charge is 0.332 e. The molecule has 1 aromatic carbocycles. The standard InChI is InChI=1S/C15H14N6O3.ClH/c16-15(7-1-8-15)14-17-13(24-19-14)12-6-9-20(18-12)10-2-4-11(5-3-10)21(22)23;/h2-6,9H,1,7-8,16H2;1H. The molecule has 1 aliphatic rings. The summed E-state index contributed by atoms with van der Waals surface area (Å²) in [5, 5.41) is 19.0. The van der Waals surface area contributed by atoms with E-state index in [-0.39, 0.29) is 18.1 Å². The second-order valence-electron chi connectivity index (χ2n) is 5.85. The van der Waals surface area contributed by atoms with Crippen LogP contribution < -0.4 is 5.73 Å². The molecule has 130 valence electrons. The van der Waals surface area contributed by atoms with Crippen molar-refractivity contribution in [1.82, 2.24) is 19.9 Å². The quantitative estimate of drug-likeness (QED) is 0.558. The average Bonchev–Trinajstić information content (AvgIpc) is 3.22. The molecular formula is C15H15ClN6O3. The van der Waals surface area contributed by atoms with Gasteiger partial charge in [0.2, 0.25) is 0 Å². The van der Waals surface area contributed by atoms with Gasteiger partial charge in [0.1, 0.15) is 0 Å². The summed E-state index contributed by atoms with van der Waals surface area (Å²) in [4.78, 5) is 14.6. The first kappa shape index (κ1) is 17.1. The smallest absolute Gasteiger partial charge is 0.278 e. The fraction of sp³-hybridized carbons (Fsp3) is 0.267. The van der Waals surface area contributed by atoms with Crippen LogP contribution in [-0.4, -0.2) is 24.8 Å². The Morgan fingerprint density at radius 3 is 2.56 bits per heavy atom. The van der Waals surface area contributed by atoms with E-state index >= 15 is 0 Å². The Morgan fingerprint density at radius 1 is 1.24 bits per heavy atom. The molecule has 2 heterocycles. The Kier molecular flexibility index (Phi) is 4.27. The Hall–Kier alpha value is -2.78. The van der Waals surface area contributed by atoms with Crippen molar-refractivity contribution >= 4 is 18.1 Å². The molecule has 0 spiro atoms. The van der Waals surface area contributed by atoms with Crippen LogP contribution in [0.3, 0.4) is 0 Å². The van der Waals surface area contributed by atoms with Crippen LogP contribution in [0.25, 0.3) is 17.3 Å². The minimum atomic E-state index is -0.483. The Bertz CT molecular complexity index is 900. The summed E-state index contributed by atoms with van der Waals surface area (Å²) in [5.41, 5.74) is 6.95. The van der Waals surface area contributed by atoms with E-state index in [2.05, 4.69) is 15.2 Å². The molecule has 0 atom stereocenters. The first-order valence-electron chi connectivity index (χ1n) is 7.49. The third kappa shape index (κ3) is 2.99. The van der Waals surface area contributed by atoms with Crippen LogP contribution in [0.15, 0.2) is 41.1 Å². The molecule has 1 fully saturated rings. The van der Waals surface area contributed by atoms with E-state index < -0.39 is 10.5 Å². The summed E-state index contributed by atoms with van der Waals surface area (Å²) in [6, 6.07) is 7.84. The zero-order valence-electron chi connectivity index (χ0n) is 13.0. The minimum Gasteiger partial charge on any atom is -0.332 e. The van der Waals surface area contributed by atoms with E-state index in [1.54, 1.807) is 29.1 Å². The van der Waals surface area contributed by atoms with E-state index in [9.17, 15) is 10.1 Å². The van der Waals surface area contributed by atoms with Crippen LogP contribution in [0.2, 0.25) is 0 Å². The lowest BCUT2D eigenvalue weighted by Gasteiger charge is -2.34. The molecule has 9 nitrogen and oxygen atoms in total. The lowest BCUT2D eigenvalue weighted by atomic mass is 9.77. The normalized spacial score (nSPS) is 15.2. The molecule has 2 aromatic heterocycles. The van der Waals surface area contributed by atoms with Crippen molar-refractivity contribution in [3.63, 3.8) is 0 Å². The number of nitro benzene ring substituents is 1. The predicted molar refractivity (Wildman–Crippen MR) is 90.5 cm³/mol. The Balaban J connectivity index is 0.00000182. The highest BCUT2D eigenvalue weighted by atomic mass is 35.5. The number of nitrogens with two attached hydrogens (primary N) is 1. The molecule has 3 aromatic rings. The number of rotatable bonds is 4. The lowest BCUT2D eigenvalue weighted by molar-refractivity contribution is -0.384. The highest BCUT2D eigenvalue weighted by Crippen LogP contribution is 2.37. The molecule has 1 aliphatic carbocycles. The van der Waals surface area contributed by atoms with Gasteiger partial charge in [0.15, 0.2) is 11.5 Å². The Morgan fingerprint density at radius 2 is 1.96 bits per heavy atom. The van der Waals surface area contributed by atoms with Crippen LogP contribution >= 0.6 is 12.4 Å². The summed E-state index contributed by atoms with van der Waals surface area (Å²) in [7, 11) is 0. The molecule has 0 aliphatic heterocycles. The third-order valence-corrected chi connectivity index (χ3v) is 4.25. The van der Waals surface area contributed by atoms with Gasteiger partial charge in [0.25, 0.3) is 11.6 Å². The summed E-state index contributed by atoms with van der Waals surface area (Å²) in [6.45, 7) is 0. The molecule has 0 radical (unpaired) electrons. The first-order chi connectivity index (χ1) is 11.5. The predicted octanol–water partition coefficient (Wildman–Crippen LogP) is 2.59. The summed E-state index contributed by atoms with van der Waals surface area (Å²) in [6.07, 6.45) is 4.49. The van der Waals surface area contributed by atoms with E-state index in [1.165, 1.54) is 12.1 Å². The van der Waals surface area contributed by atoms with Crippen LogP contribution in [0.4, 0.5) is 5.69 Å². The van der Waals surface area contributed by atoms with E-state index in [0.717, 1.165) is 19.3 Å².